The standard InChI is InChI=1S/C13H24N4O2/c1-18-7-6-14-9-13-15-10-16-17(13)11-4-3-5-12(8-11)19-2/h10-12,14H,3-9H2,1-2H3. The van der Waals surface area contributed by atoms with Gasteiger partial charge in [0.2, 0.25) is 0 Å². The zero-order valence-electron chi connectivity index (χ0n) is 11.8. The number of rotatable bonds is 7. The molecule has 2 atom stereocenters. The highest BCUT2D eigenvalue weighted by atomic mass is 16.5. The number of hydrogen-bond donors (Lipinski definition) is 1. The van der Waals surface area contributed by atoms with Crippen molar-refractivity contribution in [2.24, 2.45) is 0 Å². The van der Waals surface area contributed by atoms with Crippen molar-refractivity contribution in [3.05, 3.63) is 12.2 Å². The molecule has 108 valence electrons. The summed E-state index contributed by atoms with van der Waals surface area (Å²) in [6.07, 6.45) is 6.54. The Labute approximate surface area is 114 Å². The number of methoxy groups -OCH3 is 2. The summed E-state index contributed by atoms with van der Waals surface area (Å²) < 4.78 is 12.6. The third-order valence-electron chi connectivity index (χ3n) is 3.69. The lowest BCUT2D eigenvalue weighted by molar-refractivity contribution is 0.0501. The smallest absolute Gasteiger partial charge is 0.141 e. The Morgan fingerprint density at radius 2 is 2.32 bits per heavy atom. The van der Waals surface area contributed by atoms with Crippen molar-refractivity contribution < 1.29 is 9.47 Å². The lowest BCUT2D eigenvalue weighted by Crippen LogP contribution is -2.28. The predicted octanol–water partition coefficient (Wildman–Crippen LogP) is 1.14. The third-order valence-corrected chi connectivity index (χ3v) is 3.69. The average molecular weight is 268 g/mol. The zero-order valence-corrected chi connectivity index (χ0v) is 11.8. The minimum atomic E-state index is 0.359. The van der Waals surface area contributed by atoms with E-state index < -0.39 is 0 Å². The third kappa shape index (κ3) is 3.99. The summed E-state index contributed by atoms with van der Waals surface area (Å²) in [5.41, 5.74) is 0. The van der Waals surface area contributed by atoms with Crippen LogP contribution in [0.2, 0.25) is 0 Å². The van der Waals surface area contributed by atoms with Crippen LogP contribution < -0.4 is 5.32 Å². The first-order valence-corrected chi connectivity index (χ1v) is 6.96. The Balaban J connectivity index is 1.90. The fourth-order valence-corrected chi connectivity index (χ4v) is 2.64. The van der Waals surface area contributed by atoms with E-state index in [4.69, 9.17) is 9.47 Å². The molecule has 2 unspecified atom stereocenters. The molecule has 0 saturated heterocycles. The summed E-state index contributed by atoms with van der Waals surface area (Å²) >= 11 is 0. The maximum atomic E-state index is 5.48. The largest absolute Gasteiger partial charge is 0.383 e. The highest BCUT2D eigenvalue weighted by Crippen LogP contribution is 2.29. The van der Waals surface area contributed by atoms with Crippen LogP contribution in [0.15, 0.2) is 6.33 Å². The topological polar surface area (TPSA) is 61.2 Å². The van der Waals surface area contributed by atoms with Gasteiger partial charge in [0.15, 0.2) is 0 Å². The van der Waals surface area contributed by atoms with Crippen LogP contribution in [0.25, 0.3) is 0 Å². The molecule has 1 aromatic heterocycles. The lowest BCUT2D eigenvalue weighted by atomic mass is 9.93. The monoisotopic (exact) mass is 268 g/mol. The quantitative estimate of drug-likeness (QED) is 0.752. The Kier molecular flexibility index (Phi) is 5.75. The second-order valence-corrected chi connectivity index (χ2v) is 4.97. The van der Waals surface area contributed by atoms with Crippen molar-refractivity contribution in [2.45, 2.75) is 44.4 Å². The highest BCUT2D eigenvalue weighted by molar-refractivity contribution is 4.89. The van der Waals surface area contributed by atoms with Crippen LogP contribution in [0, 0.1) is 0 Å². The van der Waals surface area contributed by atoms with E-state index >= 15 is 0 Å². The maximum absolute atomic E-state index is 5.48. The summed E-state index contributed by atoms with van der Waals surface area (Å²) in [5, 5.41) is 7.70. The first-order chi connectivity index (χ1) is 9.35. The lowest BCUT2D eigenvalue weighted by Gasteiger charge is -2.29. The molecule has 0 spiro atoms. The molecule has 0 bridgehead atoms. The molecule has 1 fully saturated rings. The number of hydrogen-bond acceptors (Lipinski definition) is 5. The normalized spacial score (nSPS) is 23.7. The van der Waals surface area contributed by atoms with Crippen LogP contribution in [0.1, 0.15) is 37.5 Å². The number of aromatic nitrogens is 3. The molecule has 0 aromatic carbocycles. The molecule has 2 rings (SSSR count). The molecule has 1 aliphatic rings. The summed E-state index contributed by atoms with van der Waals surface area (Å²) in [6, 6.07) is 0.417. The fraction of sp³-hybridized carbons (Fsp3) is 0.846. The minimum absolute atomic E-state index is 0.359. The van der Waals surface area contributed by atoms with E-state index in [-0.39, 0.29) is 0 Å². The van der Waals surface area contributed by atoms with Gasteiger partial charge < -0.3 is 14.8 Å². The van der Waals surface area contributed by atoms with Crippen molar-refractivity contribution in [3.63, 3.8) is 0 Å². The van der Waals surface area contributed by atoms with E-state index in [2.05, 4.69) is 20.1 Å². The molecule has 6 nitrogen and oxygen atoms in total. The number of nitrogens with zero attached hydrogens (tertiary/aromatic N) is 3. The van der Waals surface area contributed by atoms with E-state index in [1.165, 1.54) is 6.42 Å². The Hall–Kier alpha value is -0.980. The van der Waals surface area contributed by atoms with Gasteiger partial charge in [-0.2, -0.15) is 5.10 Å². The summed E-state index contributed by atoms with van der Waals surface area (Å²) in [4.78, 5) is 4.35. The van der Waals surface area contributed by atoms with Gasteiger partial charge in [0.1, 0.15) is 12.2 Å². The van der Waals surface area contributed by atoms with Gasteiger partial charge in [0.25, 0.3) is 0 Å². The molecule has 1 heterocycles. The van der Waals surface area contributed by atoms with Gasteiger partial charge >= 0.3 is 0 Å². The van der Waals surface area contributed by atoms with E-state index in [9.17, 15) is 0 Å². The fourth-order valence-electron chi connectivity index (χ4n) is 2.64. The number of ether oxygens (including phenoxy) is 2. The van der Waals surface area contributed by atoms with Crippen molar-refractivity contribution in [1.29, 1.82) is 0 Å². The van der Waals surface area contributed by atoms with Crippen LogP contribution in [0.4, 0.5) is 0 Å². The van der Waals surface area contributed by atoms with Crippen molar-refractivity contribution in [3.8, 4) is 0 Å². The Morgan fingerprint density at radius 1 is 1.42 bits per heavy atom. The van der Waals surface area contributed by atoms with Crippen LogP contribution in [-0.4, -0.2) is 48.2 Å². The molecule has 1 aliphatic carbocycles. The van der Waals surface area contributed by atoms with Gasteiger partial charge in [-0.05, 0) is 25.7 Å². The second kappa shape index (κ2) is 7.57. The first kappa shape index (κ1) is 14.4. The Morgan fingerprint density at radius 3 is 3.11 bits per heavy atom. The van der Waals surface area contributed by atoms with Crippen LogP contribution in [0.3, 0.4) is 0 Å². The molecular formula is C13H24N4O2. The van der Waals surface area contributed by atoms with Crippen LogP contribution >= 0.6 is 0 Å². The van der Waals surface area contributed by atoms with Gasteiger partial charge in [-0.15, -0.1) is 0 Å². The molecular weight excluding hydrogens is 244 g/mol. The van der Waals surface area contributed by atoms with E-state index in [0.29, 0.717) is 18.8 Å². The van der Waals surface area contributed by atoms with Gasteiger partial charge in [0.05, 0.1) is 25.3 Å². The molecule has 0 aliphatic heterocycles. The van der Waals surface area contributed by atoms with Gasteiger partial charge in [-0.1, -0.05) is 0 Å². The maximum Gasteiger partial charge on any atom is 0.141 e. The highest BCUT2D eigenvalue weighted by Gasteiger charge is 2.25. The summed E-state index contributed by atoms with van der Waals surface area (Å²) in [6.45, 7) is 2.27. The average Bonchev–Trinajstić information content (AvgIpc) is 2.92. The molecule has 0 amide bonds. The van der Waals surface area contributed by atoms with Crippen LogP contribution in [0.5, 0.6) is 0 Å². The zero-order chi connectivity index (χ0) is 13.5. The molecule has 1 saturated carbocycles. The second-order valence-electron chi connectivity index (χ2n) is 4.97. The first-order valence-electron chi connectivity index (χ1n) is 6.96. The molecule has 1 aromatic rings. The molecule has 0 radical (unpaired) electrons. The van der Waals surface area contributed by atoms with E-state index in [1.54, 1.807) is 20.5 Å². The summed E-state index contributed by atoms with van der Waals surface area (Å²) in [5.74, 6) is 0.998. The molecule has 6 heteroatoms. The van der Waals surface area contributed by atoms with E-state index in [1.807, 2.05) is 0 Å². The van der Waals surface area contributed by atoms with Crippen molar-refractivity contribution >= 4 is 0 Å². The van der Waals surface area contributed by atoms with Gasteiger partial charge in [-0.25, -0.2) is 9.67 Å². The van der Waals surface area contributed by atoms with Crippen molar-refractivity contribution in [2.75, 3.05) is 27.4 Å². The Bertz CT molecular complexity index is 369. The van der Waals surface area contributed by atoms with Gasteiger partial charge in [0, 0.05) is 20.8 Å². The van der Waals surface area contributed by atoms with Gasteiger partial charge in [-0.3, -0.25) is 0 Å². The van der Waals surface area contributed by atoms with Crippen molar-refractivity contribution in [1.82, 2.24) is 20.1 Å². The number of nitrogens with one attached hydrogen (secondary N) is 1. The summed E-state index contributed by atoms with van der Waals surface area (Å²) in [7, 11) is 3.50. The SMILES string of the molecule is COCCNCc1ncnn1C1CCCC(OC)C1. The predicted molar refractivity (Wildman–Crippen MR) is 71.9 cm³/mol. The van der Waals surface area contributed by atoms with E-state index in [0.717, 1.165) is 38.2 Å². The molecule has 1 N–H and O–H groups in total. The van der Waals surface area contributed by atoms with Crippen LogP contribution in [-0.2, 0) is 16.0 Å². The molecule has 19 heavy (non-hydrogen) atoms. The minimum Gasteiger partial charge on any atom is -0.383 e.